The van der Waals surface area contributed by atoms with E-state index in [9.17, 15) is 4.79 Å². The number of hydrogen-bond donors (Lipinski definition) is 1. The quantitative estimate of drug-likeness (QED) is 0.783. The molecule has 0 aliphatic carbocycles. The number of amides is 1. The second-order valence-electron chi connectivity index (χ2n) is 3.25. The summed E-state index contributed by atoms with van der Waals surface area (Å²) < 4.78 is 4.88. The Morgan fingerprint density at radius 3 is 3.00 bits per heavy atom. The zero-order chi connectivity index (χ0) is 12.5. The summed E-state index contributed by atoms with van der Waals surface area (Å²) in [4.78, 5) is 11.6. The molecule has 1 aromatic rings. The van der Waals surface area contributed by atoms with E-state index >= 15 is 0 Å². The van der Waals surface area contributed by atoms with Crippen LogP contribution in [0.1, 0.15) is 5.56 Å². The highest BCUT2D eigenvalue weighted by atomic mass is 32.2. The number of para-hydroxylation sites is 1. The Morgan fingerprint density at radius 1 is 1.53 bits per heavy atom. The molecule has 1 rings (SSSR count). The van der Waals surface area contributed by atoms with Crippen molar-refractivity contribution in [3.05, 3.63) is 29.8 Å². The smallest absolute Gasteiger partial charge is 0.234 e. The maximum absolute atomic E-state index is 11.6. The van der Waals surface area contributed by atoms with Crippen LogP contribution in [0.15, 0.2) is 24.3 Å². The molecule has 0 aromatic heterocycles. The number of methoxy groups -OCH3 is 1. The number of nitrogens with one attached hydrogen (secondary N) is 1. The van der Waals surface area contributed by atoms with Crippen LogP contribution in [0.25, 0.3) is 0 Å². The number of carbonyl (C=O) groups excluding carboxylic acids is 1. The Labute approximate surface area is 105 Å². The molecule has 1 aromatic carbocycles. The Morgan fingerprint density at radius 2 is 2.29 bits per heavy atom. The van der Waals surface area contributed by atoms with Crippen LogP contribution in [0.2, 0.25) is 0 Å². The van der Waals surface area contributed by atoms with Crippen LogP contribution in [0.5, 0.6) is 0 Å². The van der Waals surface area contributed by atoms with Gasteiger partial charge in [-0.2, -0.15) is 5.26 Å². The topological polar surface area (TPSA) is 62.1 Å². The third kappa shape index (κ3) is 4.89. The highest BCUT2D eigenvalue weighted by molar-refractivity contribution is 7.99. The number of benzene rings is 1. The number of hydrogen-bond acceptors (Lipinski definition) is 4. The van der Waals surface area contributed by atoms with Crippen molar-refractivity contribution >= 4 is 23.4 Å². The fraction of sp³-hybridized carbons (Fsp3) is 0.333. The van der Waals surface area contributed by atoms with Crippen LogP contribution in [0.3, 0.4) is 0 Å². The van der Waals surface area contributed by atoms with Gasteiger partial charge in [0.1, 0.15) is 6.07 Å². The van der Waals surface area contributed by atoms with Crippen molar-refractivity contribution < 1.29 is 9.53 Å². The van der Waals surface area contributed by atoms with Gasteiger partial charge in [0.25, 0.3) is 0 Å². The third-order valence-corrected chi connectivity index (χ3v) is 2.91. The van der Waals surface area contributed by atoms with Gasteiger partial charge >= 0.3 is 0 Å². The van der Waals surface area contributed by atoms with E-state index in [0.717, 1.165) is 5.75 Å². The van der Waals surface area contributed by atoms with Gasteiger partial charge in [-0.3, -0.25) is 4.79 Å². The van der Waals surface area contributed by atoms with Crippen molar-refractivity contribution in [2.75, 3.05) is 30.5 Å². The molecule has 1 amide bonds. The summed E-state index contributed by atoms with van der Waals surface area (Å²) >= 11 is 1.50. The molecular weight excluding hydrogens is 236 g/mol. The molecule has 0 unspecified atom stereocenters. The average Bonchev–Trinajstić information content (AvgIpc) is 2.35. The summed E-state index contributed by atoms with van der Waals surface area (Å²) in [5.41, 5.74) is 1.04. The van der Waals surface area contributed by atoms with E-state index in [-0.39, 0.29) is 5.91 Å². The van der Waals surface area contributed by atoms with Crippen LogP contribution in [0.4, 0.5) is 5.69 Å². The Kier molecular flexibility index (Phi) is 6.15. The SMILES string of the molecule is COCCSCC(=O)Nc1ccccc1C#N. The fourth-order valence-corrected chi connectivity index (χ4v) is 1.87. The Balaban J connectivity index is 2.43. The van der Waals surface area contributed by atoms with E-state index in [2.05, 4.69) is 5.32 Å². The minimum atomic E-state index is -0.103. The Bertz CT molecular complexity index is 415. The predicted molar refractivity (Wildman–Crippen MR) is 69.0 cm³/mol. The van der Waals surface area contributed by atoms with Crippen LogP contribution < -0.4 is 5.32 Å². The number of ether oxygens (including phenoxy) is 1. The molecule has 5 heteroatoms. The largest absolute Gasteiger partial charge is 0.384 e. The molecule has 17 heavy (non-hydrogen) atoms. The van der Waals surface area contributed by atoms with Gasteiger partial charge in [0.15, 0.2) is 0 Å². The van der Waals surface area contributed by atoms with Gasteiger partial charge < -0.3 is 10.1 Å². The summed E-state index contributed by atoms with van der Waals surface area (Å²) in [6.45, 7) is 0.632. The summed E-state index contributed by atoms with van der Waals surface area (Å²) in [7, 11) is 1.63. The first kappa shape index (κ1) is 13.6. The fourth-order valence-electron chi connectivity index (χ4n) is 1.18. The number of rotatable bonds is 6. The van der Waals surface area contributed by atoms with Gasteiger partial charge in [0.2, 0.25) is 5.91 Å². The van der Waals surface area contributed by atoms with Gasteiger partial charge in [0.05, 0.1) is 23.6 Å². The minimum Gasteiger partial charge on any atom is -0.384 e. The lowest BCUT2D eigenvalue weighted by atomic mass is 10.2. The standard InChI is InChI=1S/C12H14N2O2S/c1-16-6-7-17-9-12(15)14-11-5-3-2-4-10(11)8-13/h2-5H,6-7,9H2,1H3,(H,14,15). The maximum atomic E-state index is 11.6. The number of nitriles is 1. The van der Waals surface area contributed by atoms with Crippen molar-refractivity contribution in [1.29, 1.82) is 5.26 Å². The lowest BCUT2D eigenvalue weighted by molar-refractivity contribution is -0.113. The molecule has 0 fully saturated rings. The molecule has 0 saturated heterocycles. The van der Waals surface area contributed by atoms with Crippen molar-refractivity contribution in [2.45, 2.75) is 0 Å². The van der Waals surface area contributed by atoms with E-state index in [4.69, 9.17) is 10.00 Å². The minimum absolute atomic E-state index is 0.103. The van der Waals surface area contributed by atoms with Crippen molar-refractivity contribution in [2.24, 2.45) is 0 Å². The highest BCUT2D eigenvalue weighted by Gasteiger charge is 2.05. The molecular formula is C12H14N2O2S. The van der Waals surface area contributed by atoms with Gasteiger partial charge in [-0.05, 0) is 12.1 Å². The first-order chi connectivity index (χ1) is 8.27. The van der Waals surface area contributed by atoms with Crippen LogP contribution in [-0.4, -0.2) is 31.1 Å². The second kappa shape index (κ2) is 7.71. The van der Waals surface area contributed by atoms with E-state index in [0.29, 0.717) is 23.6 Å². The van der Waals surface area contributed by atoms with Gasteiger partial charge in [-0.25, -0.2) is 0 Å². The molecule has 0 aliphatic heterocycles. The number of nitrogens with zero attached hydrogens (tertiary/aromatic N) is 1. The summed E-state index contributed by atoms with van der Waals surface area (Å²) in [5.74, 6) is 1.04. The van der Waals surface area contributed by atoms with Crippen molar-refractivity contribution in [3.8, 4) is 6.07 Å². The lowest BCUT2D eigenvalue weighted by Gasteiger charge is -2.06. The Hall–Kier alpha value is -1.51. The van der Waals surface area contributed by atoms with Gasteiger partial charge in [-0.1, -0.05) is 12.1 Å². The molecule has 0 spiro atoms. The maximum Gasteiger partial charge on any atom is 0.234 e. The van der Waals surface area contributed by atoms with Crippen molar-refractivity contribution in [3.63, 3.8) is 0 Å². The van der Waals surface area contributed by atoms with Crippen LogP contribution >= 0.6 is 11.8 Å². The summed E-state index contributed by atoms with van der Waals surface area (Å²) in [5, 5.41) is 11.6. The monoisotopic (exact) mass is 250 g/mol. The highest BCUT2D eigenvalue weighted by Crippen LogP contribution is 2.13. The van der Waals surface area contributed by atoms with E-state index < -0.39 is 0 Å². The molecule has 0 atom stereocenters. The number of anilines is 1. The third-order valence-electron chi connectivity index (χ3n) is 1.99. The number of carbonyl (C=O) groups is 1. The lowest BCUT2D eigenvalue weighted by Crippen LogP contribution is -2.15. The van der Waals surface area contributed by atoms with Crippen LogP contribution in [0, 0.1) is 11.3 Å². The van der Waals surface area contributed by atoms with E-state index in [1.807, 2.05) is 6.07 Å². The first-order valence-electron chi connectivity index (χ1n) is 5.13. The molecule has 0 aliphatic rings. The molecule has 0 heterocycles. The molecule has 0 radical (unpaired) electrons. The average molecular weight is 250 g/mol. The molecule has 4 nitrogen and oxygen atoms in total. The second-order valence-corrected chi connectivity index (χ2v) is 4.36. The number of thioether (sulfide) groups is 1. The van der Waals surface area contributed by atoms with E-state index in [1.54, 1.807) is 31.4 Å². The first-order valence-corrected chi connectivity index (χ1v) is 6.29. The zero-order valence-electron chi connectivity index (χ0n) is 9.60. The molecule has 0 bridgehead atoms. The summed E-state index contributed by atoms with van der Waals surface area (Å²) in [6.07, 6.45) is 0. The zero-order valence-corrected chi connectivity index (χ0v) is 10.4. The van der Waals surface area contributed by atoms with Crippen molar-refractivity contribution in [1.82, 2.24) is 0 Å². The van der Waals surface area contributed by atoms with Gasteiger partial charge in [-0.15, -0.1) is 11.8 Å². The van der Waals surface area contributed by atoms with Crippen LogP contribution in [-0.2, 0) is 9.53 Å². The molecule has 0 saturated carbocycles. The van der Waals surface area contributed by atoms with Gasteiger partial charge in [0, 0.05) is 12.9 Å². The summed E-state index contributed by atoms with van der Waals surface area (Å²) in [6, 6.07) is 8.98. The normalized spacial score (nSPS) is 9.65. The van der Waals surface area contributed by atoms with E-state index in [1.165, 1.54) is 11.8 Å². The predicted octanol–water partition coefficient (Wildman–Crippen LogP) is 1.88. The molecule has 90 valence electrons. The molecule has 1 N–H and O–H groups in total.